The number of aromatic nitrogens is 3. The van der Waals surface area contributed by atoms with Gasteiger partial charge in [-0.05, 0) is 36.5 Å². The average Bonchev–Trinajstić information content (AvgIpc) is 3.10. The third-order valence-corrected chi connectivity index (χ3v) is 6.42. The Morgan fingerprint density at radius 2 is 1.93 bits per heavy atom. The van der Waals surface area contributed by atoms with Gasteiger partial charge in [0, 0.05) is 13.1 Å². The second-order valence-corrected chi connectivity index (χ2v) is 8.81. The molecule has 2 N–H and O–H groups in total. The summed E-state index contributed by atoms with van der Waals surface area (Å²) in [5.41, 5.74) is 1.26. The van der Waals surface area contributed by atoms with E-state index in [0.717, 1.165) is 18.6 Å². The van der Waals surface area contributed by atoms with Crippen molar-refractivity contribution in [2.24, 2.45) is 0 Å². The van der Waals surface area contributed by atoms with Crippen LogP contribution in [0, 0.1) is 0 Å². The fraction of sp³-hybridized carbons (Fsp3) is 0.571. The number of thioether (sulfide) groups is 1. The van der Waals surface area contributed by atoms with Crippen LogP contribution in [0.2, 0.25) is 0 Å². The number of amides is 1. The summed E-state index contributed by atoms with van der Waals surface area (Å²) in [6, 6.07) is 8.37. The maximum absolute atomic E-state index is 12.5. The molecule has 1 amide bonds. The molecule has 1 fully saturated rings. The number of carbonyl (C=O) groups excluding carboxylic acids is 1. The largest absolute Gasteiger partial charge is 0.486 e. The standard InChI is InChI=1S/C21H31N5O2S/c1-15(2)16-9-11-18(12-10-16)28-13-19-23-24-21(26(19)22)29-14-20(27)25(3)17-7-5-4-6-8-17/h9-12,15,17H,4-8,13-14,22H2,1-3H3. The molecule has 1 aliphatic rings. The molecule has 1 heterocycles. The predicted octanol–water partition coefficient (Wildman–Crippen LogP) is 3.58. The van der Waals surface area contributed by atoms with Gasteiger partial charge in [-0.2, -0.15) is 0 Å². The number of carbonyl (C=O) groups is 1. The van der Waals surface area contributed by atoms with Gasteiger partial charge in [0.1, 0.15) is 12.4 Å². The van der Waals surface area contributed by atoms with Gasteiger partial charge < -0.3 is 15.5 Å². The van der Waals surface area contributed by atoms with Crippen molar-refractivity contribution in [2.75, 3.05) is 18.6 Å². The van der Waals surface area contributed by atoms with Gasteiger partial charge in [0.2, 0.25) is 11.1 Å². The molecule has 0 aliphatic heterocycles. The van der Waals surface area contributed by atoms with Gasteiger partial charge in [-0.25, -0.2) is 4.68 Å². The molecule has 1 aliphatic carbocycles. The van der Waals surface area contributed by atoms with Gasteiger partial charge >= 0.3 is 0 Å². The van der Waals surface area contributed by atoms with Crippen LogP contribution >= 0.6 is 11.8 Å². The fourth-order valence-corrected chi connectivity index (χ4v) is 4.30. The van der Waals surface area contributed by atoms with Crippen molar-refractivity contribution in [1.29, 1.82) is 0 Å². The smallest absolute Gasteiger partial charge is 0.233 e. The zero-order chi connectivity index (χ0) is 20.8. The molecule has 0 unspecified atom stereocenters. The summed E-state index contributed by atoms with van der Waals surface area (Å²) in [6.45, 7) is 4.54. The first kappa shape index (κ1) is 21.5. The molecule has 0 radical (unpaired) electrons. The third-order valence-electron chi connectivity index (χ3n) is 5.49. The zero-order valence-electron chi connectivity index (χ0n) is 17.5. The summed E-state index contributed by atoms with van der Waals surface area (Å²) in [7, 11) is 1.90. The van der Waals surface area contributed by atoms with Crippen LogP contribution in [0.15, 0.2) is 29.4 Å². The van der Waals surface area contributed by atoms with Gasteiger partial charge in [-0.1, -0.05) is 57.0 Å². The Morgan fingerprint density at radius 1 is 1.24 bits per heavy atom. The topological polar surface area (TPSA) is 86.3 Å². The van der Waals surface area contributed by atoms with E-state index in [4.69, 9.17) is 10.6 Å². The van der Waals surface area contributed by atoms with Crippen LogP contribution < -0.4 is 10.6 Å². The van der Waals surface area contributed by atoms with E-state index in [-0.39, 0.29) is 12.5 Å². The van der Waals surface area contributed by atoms with Gasteiger partial charge in [0.15, 0.2) is 5.82 Å². The molecule has 2 aromatic rings. The number of hydrogen-bond acceptors (Lipinski definition) is 6. The van der Waals surface area contributed by atoms with E-state index in [2.05, 4.69) is 36.2 Å². The first-order valence-corrected chi connectivity index (χ1v) is 11.2. The molecular weight excluding hydrogens is 386 g/mol. The van der Waals surface area contributed by atoms with Crippen molar-refractivity contribution >= 4 is 17.7 Å². The van der Waals surface area contributed by atoms with E-state index in [9.17, 15) is 4.79 Å². The highest BCUT2D eigenvalue weighted by atomic mass is 32.2. The van der Waals surface area contributed by atoms with E-state index in [0.29, 0.717) is 28.7 Å². The summed E-state index contributed by atoms with van der Waals surface area (Å²) < 4.78 is 7.18. The number of nitrogens with zero attached hydrogens (tertiary/aromatic N) is 4. The van der Waals surface area contributed by atoms with Crippen LogP contribution in [0.25, 0.3) is 0 Å². The van der Waals surface area contributed by atoms with Gasteiger partial charge in [-0.3, -0.25) is 4.79 Å². The van der Waals surface area contributed by atoms with Crippen LogP contribution in [0.1, 0.15) is 63.3 Å². The Labute approximate surface area is 177 Å². The van der Waals surface area contributed by atoms with Crippen molar-refractivity contribution in [3.8, 4) is 5.75 Å². The van der Waals surface area contributed by atoms with Crippen molar-refractivity contribution in [3.63, 3.8) is 0 Å². The minimum Gasteiger partial charge on any atom is -0.486 e. The van der Waals surface area contributed by atoms with E-state index in [1.54, 1.807) is 0 Å². The zero-order valence-corrected chi connectivity index (χ0v) is 18.3. The highest BCUT2D eigenvalue weighted by molar-refractivity contribution is 7.99. The lowest BCUT2D eigenvalue weighted by molar-refractivity contribution is -0.129. The van der Waals surface area contributed by atoms with Gasteiger partial charge in [-0.15, -0.1) is 10.2 Å². The Morgan fingerprint density at radius 3 is 2.59 bits per heavy atom. The maximum atomic E-state index is 12.5. The molecule has 0 atom stereocenters. The van der Waals surface area contributed by atoms with Crippen LogP contribution in [0.3, 0.4) is 0 Å². The van der Waals surface area contributed by atoms with Crippen LogP contribution in [0.5, 0.6) is 5.75 Å². The summed E-state index contributed by atoms with van der Waals surface area (Å²) in [4.78, 5) is 14.4. The SMILES string of the molecule is CC(C)c1ccc(OCc2nnc(SCC(=O)N(C)C3CCCCC3)n2N)cc1. The Bertz CT molecular complexity index is 800. The monoisotopic (exact) mass is 417 g/mol. The number of nitrogen functional groups attached to an aromatic ring is 1. The molecule has 0 bridgehead atoms. The van der Waals surface area contributed by atoms with Crippen molar-refractivity contribution < 1.29 is 9.53 Å². The number of ether oxygens (including phenoxy) is 1. The molecule has 7 nitrogen and oxygen atoms in total. The van der Waals surface area contributed by atoms with Crippen LogP contribution in [-0.2, 0) is 11.4 Å². The summed E-state index contributed by atoms with van der Waals surface area (Å²) in [5, 5.41) is 8.73. The van der Waals surface area contributed by atoms with E-state index < -0.39 is 0 Å². The quantitative estimate of drug-likeness (QED) is 0.522. The predicted molar refractivity (Wildman–Crippen MR) is 115 cm³/mol. The third kappa shape index (κ3) is 5.65. The highest BCUT2D eigenvalue weighted by Gasteiger charge is 2.22. The molecule has 1 aromatic carbocycles. The minimum atomic E-state index is 0.105. The maximum Gasteiger partial charge on any atom is 0.233 e. The second-order valence-electron chi connectivity index (χ2n) is 7.87. The van der Waals surface area contributed by atoms with Crippen LogP contribution in [-0.4, -0.2) is 44.5 Å². The molecule has 1 aromatic heterocycles. The van der Waals surface area contributed by atoms with Crippen molar-refractivity contribution in [2.45, 2.75) is 69.7 Å². The first-order valence-electron chi connectivity index (χ1n) is 10.3. The van der Waals surface area contributed by atoms with Crippen LogP contribution in [0.4, 0.5) is 0 Å². The lowest BCUT2D eigenvalue weighted by Gasteiger charge is -2.31. The van der Waals surface area contributed by atoms with Crippen molar-refractivity contribution in [3.05, 3.63) is 35.7 Å². The Kier molecular flexibility index (Phi) is 7.41. The van der Waals surface area contributed by atoms with Gasteiger partial charge in [0.25, 0.3) is 0 Å². The molecule has 1 saturated carbocycles. The lowest BCUT2D eigenvalue weighted by atomic mass is 9.94. The van der Waals surface area contributed by atoms with Gasteiger partial charge in [0.05, 0.1) is 5.75 Å². The molecular formula is C21H31N5O2S. The average molecular weight is 418 g/mol. The van der Waals surface area contributed by atoms with E-state index in [1.165, 1.54) is 41.3 Å². The second kappa shape index (κ2) is 10.0. The lowest BCUT2D eigenvalue weighted by Crippen LogP contribution is -2.39. The summed E-state index contributed by atoms with van der Waals surface area (Å²) >= 11 is 1.31. The Balaban J connectivity index is 1.50. The van der Waals surface area contributed by atoms with Crippen molar-refractivity contribution in [1.82, 2.24) is 19.8 Å². The number of nitrogens with two attached hydrogens (primary N) is 1. The number of hydrogen-bond donors (Lipinski definition) is 1. The normalized spacial score (nSPS) is 14.9. The number of rotatable bonds is 8. The fourth-order valence-electron chi connectivity index (χ4n) is 3.50. The molecule has 8 heteroatoms. The molecule has 3 rings (SSSR count). The first-order chi connectivity index (χ1) is 14.0. The molecule has 0 spiro atoms. The molecule has 158 valence electrons. The number of benzene rings is 1. The minimum absolute atomic E-state index is 0.105. The highest BCUT2D eigenvalue weighted by Crippen LogP contribution is 2.23. The van der Waals surface area contributed by atoms with E-state index in [1.807, 2.05) is 24.1 Å². The Hall–Kier alpha value is -2.22. The molecule has 0 saturated heterocycles. The molecule has 29 heavy (non-hydrogen) atoms. The summed E-state index contributed by atoms with van der Waals surface area (Å²) in [6.07, 6.45) is 5.88. The summed E-state index contributed by atoms with van der Waals surface area (Å²) in [5.74, 6) is 8.28. The van der Waals surface area contributed by atoms with E-state index >= 15 is 0 Å².